The summed E-state index contributed by atoms with van der Waals surface area (Å²) in [6.07, 6.45) is 3.41. The van der Waals surface area contributed by atoms with Crippen molar-refractivity contribution in [2.45, 2.75) is 25.7 Å². The summed E-state index contributed by atoms with van der Waals surface area (Å²) < 4.78 is 5.24. The van der Waals surface area contributed by atoms with E-state index in [4.69, 9.17) is 4.74 Å². The molecule has 0 aromatic heterocycles. The van der Waals surface area contributed by atoms with Crippen molar-refractivity contribution in [3.8, 4) is 0 Å². The Kier molecular flexibility index (Phi) is 1.88. The molecule has 1 saturated heterocycles. The Morgan fingerprint density at radius 1 is 1.00 bits per heavy atom. The van der Waals surface area contributed by atoms with Crippen molar-refractivity contribution in [2.24, 2.45) is 0 Å². The molecule has 2 aliphatic rings. The molecule has 0 amide bonds. The molecule has 1 heterocycles. The van der Waals surface area contributed by atoms with Crippen molar-refractivity contribution in [1.82, 2.24) is 0 Å². The third-order valence-electron chi connectivity index (χ3n) is 3.12. The normalized spacial score (nSPS) is 24.1. The number of fused-ring (bicyclic) bond motifs is 1. The lowest BCUT2D eigenvalue weighted by molar-refractivity contribution is -0.135. The van der Waals surface area contributed by atoms with Crippen molar-refractivity contribution < 1.29 is 9.53 Å². The average molecular weight is 200 g/mol. The number of carbonyl (C=O) groups is 1. The Bertz CT molecular complexity index is 457. The highest BCUT2D eigenvalue weighted by molar-refractivity contribution is 5.81. The Morgan fingerprint density at radius 3 is 2.67 bits per heavy atom. The van der Waals surface area contributed by atoms with E-state index in [1.54, 1.807) is 0 Å². The molecule has 1 aliphatic heterocycles. The van der Waals surface area contributed by atoms with E-state index in [-0.39, 0.29) is 5.97 Å². The first-order valence-electron chi connectivity index (χ1n) is 5.35. The molecule has 0 unspecified atom stereocenters. The molecule has 0 spiro atoms. The predicted molar refractivity (Wildman–Crippen MR) is 57.0 cm³/mol. The molecule has 0 atom stereocenters. The van der Waals surface area contributed by atoms with Crippen LogP contribution in [0.15, 0.2) is 30.0 Å². The largest absolute Gasteiger partial charge is 0.431 e. The fourth-order valence-electron chi connectivity index (χ4n) is 2.38. The first kappa shape index (κ1) is 8.72. The summed E-state index contributed by atoms with van der Waals surface area (Å²) in [5, 5.41) is 0. The first-order chi connectivity index (χ1) is 7.34. The number of rotatable bonds is 0. The first-order valence-corrected chi connectivity index (χ1v) is 5.35. The molecule has 0 bridgehead atoms. The zero-order chi connectivity index (χ0) is 10.3. The van der Waals surface area contributed by atoms with Gasteiger partial charge in [-0.2, -0.15) is 0 Å². The highest BCUT2D eigenvalue weighted by Crippen LogP contribution is 2.37. The summed E-state index contributed by atoms with van der Waals surface area (Å²) in [5.74, 6) is 0.826. The lowest BCUT2D eigenvalue weighted by atomic mass is 10.1. The SMILES string of the molecule is O=C1CC/C(=C2/CCc3ccccc32)O1. The Morgan fingerprint density at radius 2 is 1.87 bits per heavy atom. The number of carbonyl (C=O) groups excluding carboxylic acids is 1. The van der Waals surface area contributed by atoms with E-state index in [1.807, 2.05) is 6.07 Å². The van der Waals surface area contributed by atoms with E-state index in [9.17, 15) is 4.79 Å². The van der Waals surface area contributed by atoms with Crippen molar-refractivity contribution in [1.29, 1.82) is 0 Å². The molecule has 3 rings (SSSR count). The van der Waals surface area contributed by atoms with Gasteiger partial charge in [0, 0.05) is 6.42 Å². The molecule has 1 aromatic carbocycles. The van der Waals surface area contributed by atoms with Crippen LogP contribution >= 0.6 is 0 Å². The highest BCUT2D eigenvalue weighted by Gasteiger charge is 2.25. The quantitative estimate of drug-likeness (QED) is 0.602. The summed E-state index contributed by atoms with van der Waals surface area (Å²) in [6.45, 7) is 0. The molecular weight excluding hydrogens is 188 g/mol. The second-order valence-electron chi connectivity index (χ2n) is 4.03. The zero-order valence-corrected chi connectivity index (χ0v) is 8.45. The standard InChI is InChI=1S/C13H12O2/c14-13-8-7-12(15-13)11-6-5-9-3-1-2-4-10(9)11/h1-4H,5-8H2/b12-11+. The van der Waals surface area contributed by atoms with Crippen LogP contribution in [-0.2, 0) is 16.0 Å². The van der Waals surface area contributed by atoms with Gasteiger partial charge in [-0.25, -0.2) is 0 Å². The number of allylic oxidation sites excluding steroid dienone is 2. The minimum Gasteiger partial charge on any atom is -0.431 e. The van der Waals surface area contributed by atoms with Gasteiger partial charge in [0.2, 0.25) is 0 Å². The molecule has 2 heteroatoms. The minimum atomic E-state index is -0.0816. The zero-order valence-electron chi connectivity index (χ0n) is 8.45. The van der Waals surface area contributed by atoms with Gasteiger partial charge < -0.3 is 4.74 Å². The van der Waals surface area contributed by atoms with Crippen molar-refractivity contribution in [3.05, 3.63) is 41.2 Å². The highest BCUT2D eigenvalue weighted by atomic mass is 16.5. The third kappa shape index (κ3) is 1.37. The Hall–Kier alpha value is -1.57. The molecule has 0 saturated carbocycles. The number of ether oxygens (including phenoxy) is 1. The van der Waals surface area contributed by atoms with Crippen LogP contribution in [0.25, 0.3) is 5.57 Å². The summed E-state index contributed by atoms with van der Waals surface area (Å²) >= 11 is 0. The van der Waals surface area contributed by atoms with Gasteiger partial charge in [0.05, 0.1) is 6.42 Å². The molecular formula is C13H12O2. The predicted octanol–water partition coefficient (Wildman–Crippen LogP) is 2.68. The van der Waals surface area contributed by atoms with Crippen LogP contribution in [0.1, 0.15) is 30.4 Å². The van der Waals surface area contributed by atoms with E-state index in [2.05, 4.69) is 18.2 Å². The van der Waals surface area contributed by atoms with Gasteiger partial charge in [-0.05, 0) is 29.5 Å². The molecule has 1 fully saturated rings. The van der Waals surface area contributed by atoms with Crippen LogP contribution in [0.3, 0.4) is 0 Å². The number of benzene rings is 1. The van der Waals surface area contributed by atoms with E-state index in [1.165, 1.54) is 16.7 Å². The molecule has 15 heavy (non-hydrogen) atoms. The molecule has 0 N–H and O–H groups in total. The van der Waals surface area contributed by atoms with Gasteiger partial charge in [-0.3, -0.25) is 4.79 Å². The second-order valence-corrected chi connectivity index (χ2v) is 4.03. The summed E-state index contributed by atoms with van der Waals surface area (Å²) in [5.41, 5.74) is 3.90. The lowest BCUT2D eigenvalue weighted by Gasteiger charge is -2.04. The minimum absolute atomic E-state index is 0.0816. The van der Waals surface area contributed by atoms with Gasteiger partial charge in [0.25, 0.3) is 0 Å². The number of hydrogen-bond donors (Lipinski definition) is 0. The number of aryl methyl sites for hydroxylation is 1. The third-order valence-corrected chi connectivity index (χ3v) is 3.12. The summed E-state index contributed by atoms with van der Waals surface area (Å²) in [6, 6.07) is 8.38. The summed E-state index contributed by atoms with van der Waals surface area (Å²) in [7, 11) is 0. The van der Waals surface area contributed by atoms with Gasteiger partial charge in [0.15, 0.2) is 0 Å². The maximum absolute atomic E-state index is 11.1. The maximum Gasteiger partial charge on any atom is 0.311 e. The molecule has 1 aliphatic carbocycles. The Balaban J connectivity index is 2.07. The molecule has 0 radical (unpaired) electrons. The van der Waals surface area contributed by atoms with E-state index in [0.717, 1.165) is 25.0 Å². The summed E-state index contributed by atoms with van der Waals surface area (Å²) in [4.78, 5) is 11.1. The van der Waals surface area contributed by atoms with Crippen LogP contribution < -0.4 is 0 Å². The lowest BCUT2D eigenvalue weighted by Crippen LogP contribution is -1.91. The molecule has 1 aromatic rings. The van der Waals surface area contributed by atoms with E-state index in [0.29, 0.717) is 6.42 Å². The van der Waals surface area contributed by atoms with Crippen LogP contribution in [0.5, 0.6) is 0 Å². The number of hydrogen-bond acceptors (Lipinski definition) is 2. The van der Waals surface area contributed by atoms with Crippen molar-refractivity contribution >= 4 is 11.5 Å². The smallest absolute Gasteiger partial charge is 0.311 e. The fraction of sp³-hybridized carbons (Fsp3) is 0.308. The topological polar surface area (TPSA) is 26.3 Å². The van der Waals surface area contributed by atoms with Crippen LogP contribution in [0, 0.1) is 0 Å². The van der Waals surface area contributed by atoms with Gasteiger partial charge >= 0.3 is 5.97 Å². The fourth-order valence-corrected chi connectivity index (χ4v) is 2.38. The second kappa shape index (κ2) is 3.23. The van der Waals surface area contributed by atoms with Crippen molar-refractivity contribution in [2.75, 3.05) is 0 Å². The molecule has 2 nitrogen and oxygen atoms in total. The monoisotopic (exact) mass is 200 g/mol. The van der Waals surface area contributed by atoms with Crippen LogP contribution in [-0.4, -0.2) is 5.97 Å². The Labute approximate surface area is 88.6 Å². The van der Waals surface area contributed by atoms with Gasteiger partial charge in [0.1, 0.15) is 5.76 Å². The van der Waals surface area contributed by atoms with Gasteiger partial charge in [-0.1, -0.05) is 24.3 Å². The molecule has 76 valence electrons. The van der Waals surface area contributed by atoms with Crippen LogP contribution in [0.2, 0.25) is 0 Å². The van der Waals surface area contributed by atoms with Crippen molar-refractivity contribution in [3.63, 3.8) is 0 Å². The van der Waals surface area contributed by atoms with Gasteiger partial charge in [-0.15, -0.1) is 0 Å². The number of esters is 1. The van der Waals surface area contributed by atoms with Crippen LogP contribution in [0.4, 0.5) is 0 Å². The average Bonchev–Trinajstić information content (AvgIpc) is 2.83. The number of cyclic esters (lactones) is 1. The maximum atomic E-state index is 11.1. The van der Waals surface area contributed by atoms with E-state index < -0.39 is 0 Å². The van der Waals surface area contributed by atoms with E-state index >= 15 is 0 Å².